The Hall–Kier alpha value is -1.36. The lowest BCUT2D eigenvalue weighted by Crippen LogP contribution is -2.52. The van der Waals surface area contributed by atoms with Gasteiger partial charge in [-0.25, -0.2) is 4.79 Å². The summed E-state index contributed by atoms with van der Waals surface area (Å²) in [5.41, 5.74) is 2.59. The molecule has 1 N–H and O–H groups in total. The van der Waals surface area contributed by atoms with Crippen LogP contribution in [0.4, 0.5) is 4.79 Å². The molecule has 4 nitrogen and oxygen atoms in total. The van der Waals surface area contributed by atoms with E-state index in [1.54, 1.807) is 0 Å². The van der Waals surface area contributed by atoms with Crippen LogP contribution >= 0.6 is 0 Å². The number of hydrogen-bond donors (Lipinski definition) is 1. The van der Waals surface area contributed by atoms with Gasteiger partial charge in [0.15, 0.2) is 0 Å². The Morgan fingerprint density at radius 1 is 1.26 bits per heavy atom. The zero-order valence-corrected chi connectivity index (χ0v) is 14.6. The minimum atomic E-state index is -0.834. The number of fused-ring (bicyclic) bond motifs is 1. The average molecular weight is 334 g/mol. The highest BCUT2D eigenvalue weighted by Crippen LogP contribution is 2.24. The number of carbonyl (C=O) groups excluding carboxylic acids is 1. The summed E-state index contributed by atoms with van der Waals surface area (Å²) in [6, 6.07) is 8.40. The van der Waals surface area contributed by atoms with Crippen molar-refractivity contribution in [2.24, 2.45) is 0 Å². The van der Waals surface area contributed by atoms with Crippen LogP contribution in [0.3, 0.4) is 0 Å². The summed E-state index contributed by atoms with van der Waals surface area (Å²) in [7, 11) is -0.834. The number of nitrogens with one attached hydrogen (secondary N) is 1. The van der Waals surface area contributed by atoms with E-state index < -0.39 is 10.8 Å². The molecule has 1 aliphatic heterocycles. The Bertz CT molecular complexity index is 590. The summed E-state index contributed by atoms with van der Waals surface area (Å²) in [6.07, 6.45) is 5.07. The first-order valence-electron chi connectivity index (χ1n) is 8.68. The summed E-state index contributed by atoms with van der Waals surface area (Å²) in [5.74, 6) is 0.675. The van der Waals surface area contributed by atoms with Gasteiger partial charge in [0.05, 0.1) is 5.25 Å². The van der Waals surface area contributed by atoms with Crippen molar-refractivity contribution in [3.8, 4) is 0 Å². The van der Waals surface area contributed by atoms with Gasteiger partial charge < -0.3 is 10.2 Å². The molecule has 1 fully saturated rings. The van der Waals surface area contributed by atoms with Crippen molar-refractivity contribution in [3.05, 3.63) is 35.4 Å². The lowest BCUT2D eigenvalue weighted by Gasteiger charge is -2.35. The smallest absolute Gasteiger partial charge is 0.317 e. The van der Waals surface area contributed by atoms with E-state index in [-0.39, 0.29) is 17.3 Å². The minimum absolute atomic E-state index is 0.00417. The molecule has 0 aromatic heterocycles. The molecule has 126 valence electrons. The summed E-state index contributed by atoms with van der Waals surface area (Å²) >= 11 is 0. The Balaban J connectivity index is 1.63. The highest BCUT2D eigenvalue weighted by Gasteiger charge is 2.31. The maximum atomic E-state index is 12.6. The standard InChI is InChI=1S/C18H26N2O2S/c1-2-23(22)17-10-6-5-9-16(17)19-18(21)20-12-11-14-7-3-4-8-15(14)13-20/h3-4,7-8,16-17H,2,5-6,9-13H2,1H3,(H,19,21)/t16-,17-,23+/m0/s1. The number of carbonyl (C=O) groups is 1. The molecule has 0 saturated heterocycles. The van der Waals surface area contributed by atoms with Gasteiger partial charge >= 0.3 is 6.03 Å². The van der Waals surface area contributed by atoms with Gasteiger partial charge in [-0.3, -0.25) is 4.21 Å². The van der Waals surface area contributed by atoms with Gasteiger partial charge in [-0.05, 0) is 30.4 Å². The molecule has 2 amide bonds. The van der Waals surface area contributed by atoms with Crippen LogP contribution < -0.4 is 5.32 Å². The predicted molar refractivity (Wildman–Crippen MR) is 93.8 cm³/mol. The van der Waals surface area contributed by atoms with E-state index in [2.05, 4.69) is 23.5 Å². The fourth-order valence-corrected chi connectivity index (χ4v) is 5.14. The number of rotatable bonds is 3. The zero-order chi connectivity index (χ0) is 16.2. The first kappa shape index (κ1) is 16.5. The molecule has 0 unspecified atom stereocenters. The van der Waals surface area contributed by atoms with Crippen molar-refractivity contribution >= 4 is 16.8 Å². The van der Waals surface area contributed by atoms with Crippen molar-refractivity contribution in [3.63, 3.8) is 0 Å². The maximum absolute atomic E-state index is 12.6. The molecule has 1 heterocycles. The molecule has 3 rings (SSSR count). The van der Waals surface area contributed by atoms with Crippen LogP contribution in [0.15, 0.2) is 24.3 Å². The Labute approximate surface area is 141 Å². The predicted octanol–water partition coefficient (Wildman–Crippen LogP) is 2.83. The first-order valence-corrected chi connectivity index (χ1v) is 10.1. The second kappa shape index (κ2) is 7.47. The first-order chi connectivity index (χ1) is 11.2. The molecule has 23 heavy (non-hydrogen) atoms. The van der Waals surface area contributed by atoms with Crippen molar-refractivity contribution in [1.82, 2.24) is 10.2 Å². The molecule has 0 spiro atoms. The summed E-state index contributed by atoms with van der Waals surface area (Å²) in [5, 5.41) is 3.30. The fourth-order valence-electron chi connectivity index (χ4n) is 3.71. The van der Waals surface area contributed by atoms with Crippen molar-refractivity contribution in [1.29, 1.82) is 0 Å². The van der Waals surface area contributed by atoms with E-state index >= 15 is 0 Å². The quantitative estimate of drug-likeness (QED) is 0.924. The summed E-state index contributed by atoms with van der Waals surface area (Å²) in [6.45, 7) is 3.40. The minimum Gasteiger partial charge on any atom is -0.334 e. The number of amides is 2. The third kappa shape index (κ3) is 3.77. The third-order valence-electron chi connectivity index (χ3n) is 5.05. The van der Waals surface area contributed by atoms with Crippen LogP contribution in [0.5, 0.6) is 0 Å². The molecule has 2 aliphatic rings. The van der Waals surface area contributed by atoms with E-state index in [4.69, 9.17) is 0 Å². The normalized spacial score (nSPS) is 25.5. The SMILES string of the molecule is CC[S@@](=O)[C@H]1CCCC[C@@H]1NC(=O)N1CCc2ccccc2C1. The van der Waals surface area contributed by atoms with Gasteiger partial charge in [-0.2, -0.15) is 0 Å². The number of hydrogen-bond acceptors (Lipinski definition) is 2. The topological polar surface area (TPSA) is 49.4 Å². The second-order valence-corrected chi connectivity index (χ2v) is 8.43. The zero-order valence-electron chi connectivity index (χ0n) is 13.8. The van der Waals surface area contributed by atoms with Crippen LogP contribution in [0, 0.1) is 0 Å². The highest BCUT2D eigenvalue weighted by atomic mass is 32.2. The van der Waals surface area contributed by atoms with E-state index in [9.17, 15) is 9.00 Å². The second-order valence-electron chi connectivity index (χ2n) is 6.49. The molecule has 0 bridgehead atoms. The largest absolute Gasteiger partial charge is 0.334 e. The van der Waals surface area contributed by atoms with Gasteiger partial charge in [-0.1, -0.05) is 44.0 Å². The molecule has 1 aliphatic carbocycles. The maximum Gasteiger partial charge on any atom is 0.317 e. The van der Waals surface area contributed by atoms with Crippen molar-refractivity contribution in [2.45, 2.75) is 56.9 Å². The van der Waals surface area contributed by atoms with E-state index in [0.29, 0.717) is 12.3 Å². The molecular weight excluding hydrogens is 308 g/mol. The Morgan fingerprint density at radius 2 is 2.00 bits per heavy atom. The van der Waals surface area contributed by atoms with Gasteiger partial charge in [0.25, 0.3) is 0 Å². The average Bonchev–Trinajstić information content (AvgIpc) is 2.61. The van der Waals surface area contributed by atoms with Gasteiger partial charge in [0, 0.05) is 35.7 Å². The van der Waals surface area contributed by atoms with Crippen LogP contribution in [0.1, 0.15) is 43.7 Å². The van der Waals surface area contributed by atoms with E-state index in [0.717, 1.165) is 38.6 Å². The van der Waals surface area contributed by atoms with Crippen molar-refractivity contribution < 1.29 is 9.00 Å². The third-order valence-corrected chi connectivity index (χ3v) is 6.86. The molecule has 1 aromatic carbocycles. The lowest BCUT2D eigenvalue weighted by atomic mass is 9.95. The summed E-state index contributed by atoms with van der Waals surface area (Å²) < 4.78 is 12.2. The van der Waals surface area contributed by atoms with Gasteiger partial charge in [-0.15, -0.1) is 0 Å². The van der Waals surface area contributed by atoms with Crippen LogP contribution in [0.2, 0.25) is 0 Å². The molecular formula is C18H26N2O2S. The number of nitrogens with zero attached hydrogens (tertiary/aromatic N) is 1. The number of urea groups is 1. The fraction of sp³-hybridized carbons (Fsp3) is 0.611. The summed E-state index contributed by atoms with van der Waals surface area (Å²) in [4.78, 5) is 14.5. The van der Waals surface area contributed by atoms with E-state index in [1.165, 1.54) is 11.1 Å². The van der Waals surface area contributed by atoms with Crippen LogP contribution in [-0.2, 0) is 23.8 Å². The lowest BCUT2D eigenvalue weighted by molar-refractivity contribution is 0.185. The molecule has 0 radical (unpaired) electrons. The van der Waals surface area contributed by atoms with Crippen molar-refractivity contribution in [2.75, 3.05) is 12.3 Å². The molecule has 3 atom stereocenters. The monoisotopic (exact) mass is 334 g/mol. The van der Waals surface area contributed by atoms with Crippen LogP contribution in [0.25, 0.3) is 0 Å². The molecule has 1 aromatic rings. The van der Waals surface area contributed by atoms with E-state index in [1.807, 2.05) is 17.9 Å². The molecule has 1 saturated carbocycles. The highest BCUT2D eigenvalue weighted by molar-refractivity contribution is 7.85. The Kier molecular flexibility index (Phi) is 5.36. The molecule has 5 heteroatoms. The Morgan fingerprint density at radius 3 is 2.78 bits per heavy atom. The van der Waals surface area contributed by atoms with Gasteiger partial charge in [0.2, 0.25) is 0 Å². The number of benzene rings is 1. The van der Waals surface area contributed by atoms with Gasteiger partial charge in [0.1, 0.15) is 0 Å². The van der Waals surface area contributed by atoms with Crippen LogP contribution in [-0.4, -0.2) is 38.7 Å².